The van der Waals surface area contributed by atoms with Gasteiger partial charge in [-0.1, -0.05) is 0 Å². The maximum atomic E-state index is 4.62. The molecule has 134 valence electrons. The van der Waals surface area contributed by atoms with Crippen LogP contribution in [0, 0.1) is 13.8 Å². The quantitative estimate of drug-likeness (QED) is 0.248. The van der Waals surface area contributed by atoms with Crippen molar-refractivity contribution in [1.82, 2.24) is 20.4 Å². The molecule has 0 fully saturated rings. The van der Waals surface area contributed by atoms with E-state index >= 15 is 0 Å². The monoisotopic (exact) mass is 525 g/mol. The summed E-state index contributed by atoms with van der Waals surface area (Å²) in [5.41, 5.74) is 2.29. The molecule has 2 N–H and O–H groups in total. The van der Waals surface area contributed by atoms with Gasteiger partial charge in [0.25, 0.3) is 0 Å². The Kier molecular flexibility index (Phi) is 9.91. The van der Waals surface area contributed by atoms with Gasteiger partial charge in [0.1, 0.15) is 0 Å². The first-order valence-corrected chi connectivity index (χ1v) is 9.47. The minimum atomic E-state index is 0. The van der Waals surface area contributed by atoms with Gasteiger partial charge in [-0.3, -0.25) is 4.68 Å². The van der Waals surface area contributed by atoms with Gasteiger partial charge >= 0.3 is 0 Å². The Labute approximate surface area is 173 Å². The van der Waals surface area contributed by atoms with Crippen LogP contribution in [0.2, 0.25) is 0 Å². The number of rotatable bonds is 7. The number of guanidine groups is 1. The fourth-order valence-corrected chi connectivity index (χ4v) is 3.68. The van der Waals surface area contributed by atoms with E-state index in [1.165, 1.54) is 10.6 Å². The first kappa shape index (κ1) is 21.4. The predicted molar refractivity (Wildman–Crippen MR) is 117 cm³/mol. The highest BCUT2D eigenvalue weighted by Gasteiger charge is 2.02. The van der Waals surface area contributed by atoms with Crippen LogP contribution >= 0.6 is 51.2 Å². The van der Waals surface area contributed by atoms with Crippen LogP contribution in [0.1, 0.15) is 29.6 Å². The molecule has 0 atom stereocenters. The van der Waals surface area contributed by atoms with Gasteiger partial charge in [0.2, 0.25) is 0 Å². The fraction of sp³-hybridized carbons (Fsp3) is 0.500. The molecule has 2 heterocycles. The second-order valence-electron chi connectivity index (χ2n) is 5.33. The maximum Gasteiger partial charge on any atom is 0.191 e. The van der Waals surface area contributed by atoms with Crippen molar-refractivity contribution in [3.8, 4) is 0 Å². The summed E-state index contributed by atoms with van der Waals surface area (Å²) < 4.78 is 3.20. The summed E-state index contributed by atoms with van der Waals surface area (Å²) >= 11 is 5.20. The molecule has 0 bridgehead atoms. The average Bonchev–Trinajstić information content (AvgIpc) is 3.06. The Morgan fingerprint density at radius 2 is 2.12 bits per heavy atom. The van der Waals surface area contributed by atoms with E-state index in [4.69, 9.17) is 0 Å². The van der Waals surface area contributed by atoms with Crippen molar-refractivity contribution in [2.24, 2.45) is 4.99 Å². The zero-order chi connectivity index (χ0) is 16.7. The SMILES string of the molecule is CCNC(=NCc1ccc(Br)s1)NCCCn1nc(C)cc1C.I. The molecule has 0 saturated carbocycles. The Morgan fingerprint density at radius 3 is 2.71 bits per heavy atom. The Hall–Kier alpha value is -0.610. The predicted octanol–water partition coefficient (Wildman–Crippen LogP) is 4.09. The van der Waals surface area contributed by atoms with Gasteiger partial charge in [-0.25, -0.2) is 4.99 Å². The molecule has 0 aliphatic heterocycles. The molecule has 24 heavy (non-hydrogen) atoms. The van der Waals surface area contributed by atoms with E-state index < -0.39 is 0 Å². The Bertz CT molecular complexity index is 653. The van der Waals surface area contributed by atoms with Crippen LogP contribution in [0.15, 0.2) is 27.0 Å². The second kappa shape index (κ2) is 11.1. The lowest BCUT2D eigenvalue weighted by Gasteiger charge is -2.11. The van der Waals surface area contributed by atoms with Gasteiger partial charge in [-0.2, -0.15) is 5.10 Å². The highest BCUT2D eigenvalue weighted by atomic mass is 127. The van der Waals surface area contributed by atoms with E-state index in [2.05, 4.69) is 73.4 Å². The third-order valence-electron chi connectivity index (χ3n) is 3.31. The zero-order valence-electron chi connectivity index (χ0n) is 14.3. The normalized spacial score (nSPS) is 11.2. The number of aliphatic imine (C=N–C) groups is 1. The van der Waals surface area contributed by atoms with Gasteiger partial charge < -0.3 is 10.6 Å². The summed E-state index contributed by atoms with van der Waals surface area (Å²) in [6.45, 7) is 9.55. The van der Waals surface area contributed by atoms with Crippen LogP contribution < -0.4 is 10.6 Å². The topological polar surface area (TPSA) is 54.2 Å². The van der Waals surface area contributed by atoms with E-state index in [-0.39, 0.29) is 24.0 Å². The van der Waals surface area contributed by atoms with Crippen molar-refractivity contribution < 1.29 is 0 Å². The first-order valence-electron chi connectivity index (χ1n) is 7.86. The molecule has 2 rings (SSSR count). The molecule has 0 aromatic carbocycles. The van der Waals surface area contributed by atoms with E-state index in [1.54, 1.807) is 11.3 Å². The van der Waals surface area contributed by atoms with Gasteiger partial charge in [-0.15, -0.1) is 35.3 Å². The minimum absolute atomic E-state index is 0. The standard InChI is InChI=1S/C16H24BrN5S.HI/c1-4-18-16(20-11-14-6-7-15(17)23-14)19-8-5-9-22-13(3)10-12(2)21-22;/h6-7,10H,4-5,8-9,11H2,1-3H3,(H2,18,19,20);1H. The second-order valence-corrected chi connectivity index (χ2v) is 7.88. The molecule has 2 aromatic rings. The van der Waals surface area contributed by atoms with Gasteiger partial charge in [0.05, 0.1) is 16.0 Å². The number of hydrogen-bond acceptors (Lipinski definition) is 3. The molecule has 0 aliphatic carbocycles. The molecule has 0 radical (unpaired) electrons. The molecule has 0 aliphatic rings. The Balaban J connectivity index is 0.00000288. The molecular formula is C16H25BrIN5S. The molecule has 0 amide bonds. The number of nitrogens with zero attached hydrogens (tertiary/aromatic N) is 3. The smallest absolute Gasteiger partial charge is 0.191 e. The number of nitrogens with one attached hydrogen (secondary N) is 2. The molecule has 0 unspecified atom stereocenters. The van der Waals surface area contributed by atoms with Gasteiger partial charge in [0.15, 0.2) is 5.96 Å². The van der Waals surface area contributed by atoms with Crippen LogP contribution in [0.4, 0.5) is 0 Å². The lowest BCUT2D eigenvalue weighted by Crippen LogP contribution is -2.38. The van der Waals surface area contributed by atoms with Crippen LogP contribution in [0.25, 0.3) is 0 Å². The van der Waals surface area contributed by atoms with Crippen LogP contribution in [0.5, 0.6) is 0 Å². The van der Waals surface area contributed by atoms with Gasteiger partial charge in [-0.05, 0) is 61.3 Å². The number of hydrogen-bond donors (Lipinski definition) is 2. The summed E-state index contributed by atoms with van der Waals surface area (Å²) in [7, 11) is 0. The largest absolute Gasteiger partial charge is 0.357 e. The van der Waals surface area contributed by atoms with E-state index in [1.807, 2.05) is 6.92 Å². The van der Waals surface area contributed by atoms with Crippen molar-refractivity contribution in [1.29, 1.82) is 0 Å². The number of aromatic nitrogens is 2. The summed E-state index contributed by atoms with van der Waals surface area (Å²) in [6.07, 6.45) is 1.01. The molecule has 2 aromatic heterocycles. The molecular weight excluding hydrogens is 501 g/mol. The van der Waals surface area contributed by atoms with Gasteiger partial charge in [0, 0.05) is 30.2 Å². The minimum Gasteiger partial charge on any atom is -0.357 e. The van der Waals surface area contributed by atoms with E-state index in [0.29, 0.717) is 6.54 Å². The average molecular weight is 526 g/mol. The molecule has 8 heteroatoms. The van der Waals surface area contributed by atoms with E-state index in [0.717, 1.165) is 41.5 Å². The number of thiophene rings is 1. The molecule has 0 saturated heterocycles. The van der Waals surface area contributed by atoms with Crippen LogP contribution in [0.3, 0.4) is 0 Å². The number of halogens is 2. The summed E-state index contributed by atoms with van der Waals surface area (Å²) in [5, 5.41) is 11.1. The van der Waals surface area contributed by atoms with Crippen molar-refractivity contribution in [3.63, 3.8) is 0 Å². The third-order valence-corrected chi connectivity index (χ3v) is 4.92. The Morgan fingerprint density at radius 1 is 1.33 bits per heavy atom. The van der Waals surface area contributed by atoms with Crippen molar-refractivity contribution >= 4 is 57.2 Å². The molecule has 0 spiro atoms. The maximum absolute atomic E-state index is 4.62. The third kappa shape index (κ3) is 7.10. The van der Waals surface area contributed by atoms with E-state index in [9.17, 15) is 0 Å². The summed E-state index contributed by atoms with van der Waals surface area (Å²) in [4.78, 5) is 5.87. The van der Waals surface area contributed by atoms with Crippen molar-refractivity contribution in [2.45, 2.75) is 40.3 Å². The zero-order valence-corrected chi connectivity index (χ0v) is 19.0. The van der Waals surface area contributed by atoms with Crippen LogP contribution in [-0.4, -0.2) is 28.8 Å². The molecule has 5 nitrogen and oxygen atoms in total. The lowest BCUT2D eigenvalue weighted by molar-refractivity contribution is 0.555. The number of aryl methyl sites for hydroxylation is 3. The highest BCUT2D eigenvalue weighted by molar-refractivity contribution is 14.0. The highest BCUT2D eigenvalue weighted by Crippen LogP contribution is 2.22. The lowest BCUT2D eigenvalue weighted by atomic mass is 10.4. The summed E-state index contributed by atoms with van der Waals surface area (Å²) in [6, 6.07) is 6.27. The first-order chi connectivity index (χ1) is 11.1. The summed E-state index contributed by atoms with van der Waals surface area (Å²) in [5.74, 6) is 0.866. The fourth-order valence-electron chi connectivity index (χ4n) is 2.27. The van der Waals surface area contributed by atoms with Crippen molar-refractivity contribution in [3.05, 3.63) is 38.3 Å². The van der Waals surface area contributed by atoms with Crippen molar-refractivity contribution in [2.75, 3.05) is 13.1 Å². The van der Waals surface area contributed by atoms with Crippen LogP contribution in [-0.2, 0) is 13.1 Å².